The van der Waals surface area contributed by atoms with Crippen molar-refractivity contribution in [2.24, 2.45) is 0 Å². The zero-order chi connectivity index (χ0) is 14.0. The van der Waals surface area contributed by atoms with Crippen LogP contribution in [0.5, 0.6) is 0 Å². The fourth-order valence-corrected chi connectivity index (χ4v) is 3.86. The van der Waals surface area contributed by atoms with E-state index in [0.29, 0.717) is 0 Å². The Kier molecular flexibility index (Phi) is 3.58. The molecule has 0 saturated carbocycles. The lowest BCUT2D eigenvalue weighted by Gasteiger charge is -2.17. The van der Waals surface area contributed by atoms with Crippen molar-refractivity contribution in [3.8, 4) is 0 Å². The van der Waals surface area contributed by atoms with Crippen molar-refractivity contribution in [2.45, 2.75) is 17.7 Å². The second-order valence-electron chi connectivity index (χ2n) is 4.54. The molecule has 0 atom stereocenters. The molecule has 2 aromatic rings. The largest absolute Gasteiger partial charge is 0.372 e. The van der Waals surface area contributed by atoms with E-state index >= 15 is 0 Å². The van der Waals surface area contributed by atoms with Gasteiger partial charge in [-0.2, -0.15) is 4.37 Å². The molecule has 1 saturated heterocycles. The summed E-state index contributed by atoms with van der Waals surface area (Å²) in [5.74, 6) is 0. The fraction of sp³-hybridized carbons (Fsp3) is 0.333. The highest BCUT2D eigenvalue weighted by Gasteiger charge is 2.17. The standard InChI is InChI=1S/C12H14N4O2S2/c17-20(18,15-12-13-9-14-19-12)11-5-3-10(4-6-11)16-7-1-2-8-16/h3-6,9H,1-2,7-8H2,(H,13,14,15). The van der Waals surface area contributed by atoms with Gasteiger partial charge < -0.3 is 4.90 Å². The molecular formula is C12H14N4O2S2. The van der Waals surface area contributed by atoms with Crippen LogP contribution >= 0.6 is 11.5 Å². The number of nitrogens with zero attached hydrogens (tertiary/aromatic N) is 3. The van der Waals surface area contributed by atoms with Crippen LogP contribution in [0.3, 0.4) is 0 Å². The first-order chi connectivity index (χ1) is 9.65. The van der Waals surface area contributed by atoms with Gasteiger partial charge in [0.25, 0.3) is 10.0 Å². The monoisotopic (exact) mass is 310 g/mol. The molecule has 1 fully saturated rings. The highest BCUT2D eigenvalue weighted by Crippen LogP contribution is 2.23. The maximum Gasteiger partial charge on any atom is 0.263 e. The topological polar surface area (TPSA) is 75.2 Å². The third-order valence-electron chi connectivity index (χ3n) is 3.20. The van der Waals surface area contributed by atoms with Crippen molar-refractivity contribution in [2.75, 3.05) is 22.7 Å². The van der Waals surface area contributed by atoms with E-state index in [1.165, 1.54) is 19.2 Å². The van der Waals surface area contributed by atoms with Crippen LogP contribution in [0.15, 0.2) is 35.5 Å². The zero-order valence-electron chi connectivity index (χ0n) is 10.7. The molecule has 1 aliphatic rings. The summed E-state index contributed by atoms with van der Waals surface area (Å²) in [6.45, 7) is 2.07. The van der Waals surface area contributed by atoms with Crippen LogP contribution in [-0.4, -0.2) is 30.9 Å². The number of benzene rings is 1. The molecule has 6 nitrogen and oxygen atoms in total. The molecule has 2 heterocycles. The van der Waals surface area contributed by atoms with Gasteiger partial charge in [-0.15, -0.1) is 0 Å². The van der Waals surface area contributed by atoms with Gasteiger partial charge in [0, 0.05) is 30.3 Å². The van der Waals surface area contributed by atoms with Crippen molar-refractivity contribution in [1.29, 1.82) is 0 Å². The number of nitrogens with one attached hydrogen (secondary N) is 1. The number of aromatic nitrogens is 2. The summed E-state index contributed by atoms with van der Waals surface area (Å²) in [5.41, 5.74) is 1.07. The summed E-state index contributed by atoms with van der Waals surface area (Å²) in [5, 5.41) is 0.272. The van der Waals surface area contributed by atoms with Crippen LogP contribution in [0, 0.1) is 0 Å². The van der Waals surface area contributed by atoms with E-state index in [1.54, 1.807) is 12.1 Å². The molecule has 1 aliphatic heterocycles. The van der Waals surface area contributed by atoms with E-state index < -0.39 is 10.0 Å². The van der Waals surface area contributed by atoms with Crippen LogP contribution < -0.4 is 9.62 Å². The highest BCUT2D eigenvalue weighted by atomic mass is 32.2. The molecule has 20 heavy (non-hydrogen) atoms. The Balaban J connectivity index is 1.79. The maximum absolute atomic E-state index is 12.1. The van der Waals surface area contributed by atoms with Gasteiger partial charge in [0.1, 0.15) is 6.33 Å². The van der Waals surface area contributed by atoms with Gasteiger partial charge in [-0.3, -0.25) is 4.72 Å². The Morgan fingerprint density at radius 1 is 1.15 bits per heavy atom. The quantitative estimate of drug-likeness (QED) is 0.934. The molecule has 0 aliphatic carbocycles. The Bertz CT molecular complexity index is 662. The van der Waals surface area contributed by atoms with Crippen LogP contribution in [0.4, 0.5) is 10.8 Å². The predicted octanol–water partition coefficient (Wildman–Crippen LogP) is 1.94. The van der Waals surface area contributed by atoms with Crippen LogP contribution in [-0.2, 0) is 10.0 Å². The molecule has 1 aromatic carbocycles. The minimum atomic E-state index is -3.58. The van der Waals surface area contributed by atoms with E-state index in [-0.39, 0.29) is 10.0 Å². The van der Waals surface area contributed by atoms with Crippen LogP contribution in [0.25, 0.3) is 0 Å². The maximum atomic E-state index is 12.1. The first-order valence-electron chi connectivity index (χ1n) is 6.30. The lowest BCUT2D eigenvalue weighted by atomic mass is 10.3. The van der Waals surface area contributed by atoms with Gasteiger partial charge in [-0.25, -0.2) is 13.4 Å². The van der Waals surface area contributed by atoms with Crippen molar-refractivity contribution < 1.29 is 8.42 Å². The van der Waals surface area contributed by atoms with Gasteiger partial charge in [-0.05, 0) is 37.1 Å². The minimum absolute atomic E-state index is 0.232. The van der Waals surface area contributed by atoms with Gasteiger partial charge in [0.2, 0.25) is 5.13 Å². The van der Waals surface area contributed by atoms with E-state index in [4.69, 9.17) is 0 Å². The molecule has 0 bridgehead atoms. The first kappa shape index (κ1) is 13.3. The number of rotatable bonds is 4. The summed E-state index contributed by atoms with van der Waals surface area (Å²) >= 11 is 1.01. The molecule has 106 valence electrons. The lowest BCUT2D eigenvalue weighted by Crippen LogP contribution is -2.18. The van der Waals surface area contributed by atoms with Crippen LogP contribution in [0.2, 0.25) is 0 Å². The third-order valence-corrected chi connectivity index (χ3v) is 5.27. The summed E-state index contributed by atoms with van der Waals surface area (Å²) in [6.07, 6.45) is 3.70. The Hall–Kier alpha value is -1.67. The number of sulfonamides is 1. The molecule has 0 unspecified atom stereocenters. The summed E-state index contributed by atoms with van der Waals surface area (Å²) in [4.78, 5) is 6.31. The van der Waals surface area contributed by atoms with Gasteiger partial charge in [0.05, 0.1) is 4.90 Å². The first-order valence-corrected chi connectivity index (χ1v) is 8.55. The Morgan fingerprint density at radius 3 is 2.45 bits per heavy atom. The minimum Gasteiger partial charge on any atom is -0.372 e. The second kappa shape index (κ2) is 5.37. The fourth-order valence-electron chi connectivity index (χ4n) is 2.20. The zero-order valence-corrected chi connectivity index (χ0v) is 12.3. The normalized spacial score (nSPS) is 15.5. The Morgan fingerprint density at radius 2 is 1.85 bits per heavy atom. The molecule has 8 heteroatoms. The molecule has 0 radical (unpaired) electrons. The SMILES string of the molecule is O=S(=O)(Nc1ncns1)c1ccc(N2CCCC2)cc1. The van der Waals surface area contributed by atoms with E-state index in [1.807, 2.05) is 12.1 Å². The summed E-state index contributed by atoms with van der Waals surface area (Å²) < 4.78 is 30.5. The molecule has 1 N–H and O–H groups in total. The average Bonchev–Trinajstić information content (AvgIpc) is 3.11. The summed E-state index contributed by atoms with van der Waals surface area (Å²) in [6, 6.07) is 6.94. The van der Waals surface area contributed by atoms with Crippen molar-refractivity contribution in [3.05, 3.63) is 30.6 Å². The molecule has 0 amide bonds. The van der Waals surface area contributed by atoms with E-state index in [0.717, 1.165) is 30.3 Å². The van der Waals surface area contributed by atoms with Gasteiger partial charge >= 0.3 is 0 Å². The van der Waals surface area contributed by atoms with Crippen molar-refractivity contribution in [3.63, 3.8) is 0 Å². The third kappa shape index (κ3) is 2.75. The van der Waals surface area contributed by atoms with Crippen molar-refractivity contribution >= 4 is 32.4 Å². The van der Waals surface area contributed by atoms with E-state index in [9.17, 15) is 8.42 Å². The predicted molar refractivity (Wildman–Crippen MR) is 78.6 cm³/mol. The lowest BCUT2D eigenvalue weighted by molar-refractivity contribution is 0.601. The second-order valence-corrected chi connectivity index (χ2v) is 7.00. The molecule has 1 aromatic heterocycles. The van der Waals surface area contributed by atoms with Crippen LogP contribution in [0.1, 0.15) is 12.8 Å². The smallest absolute Gasteiger partial charge is 0.263 e. The molecule has 3 rings (SSSR count). The molecular weight excluding hydrogens is 296 g/mol. The van der Waals surface area contributed by atoms with E-state index in [2.05, 4.69) is 19.0 Å². The summed E-state index contributed by atoms with van der Waals surface area (Å²) in [7, 11) is -3.58. The highest BCUT2D eigenvalue weighted by molar-refractivity contribution is 7.93. The average molecular weight is 310 g/mol. The number of hydrogen-bond donors (Lipinski definition) is 1. The number of anilines is 2. The van der Waals surface area contributed by atoms with Gasteiger partial charge in [0.15, 0.2) is 0 Å². The number of hydrogen-bond acceptors (Lipinski definition) is 6. The Labute approximate surface area is 121 Å². The van der Waals surface area contributed by atoms with Crippen molar-refractivity contribution in [1.82, 2.24) is 9.36 Å². The van der Waals surface area contributed by atoms with Gasteiger partial charge in [-0.1, -0.05) is 0 Å². The molecule has 0 spiro atoms.